The molecule has 1 fully saturated rings. The van der Waals surface area contributed by atoms with Gasteiger partial charge in [-0.05, 0) is 42.7 Å². The van der Waals surface area contributed by atoms with Gasteiger partial charge >= 0.3 is 6.36 Å². The molecular formula is C22H20F3N5O2. The number of carbonyl (C=O) groups is 1. The third kappa shape index (κ3) is 5.13. The first-order valence-corrected chi connectivity index (χ1v) is 9.96. The van der Waals surface area contributed by atoms with Crippen molar-refractivity contribution in [3.63, 3.8) is 0 Å². The minimum Gasteiger partial charge on any atom is -0.406 e. The van der Waals surface area contributed by atoms with Crippen molar-refractivity contribution in [2.75, 3.05) is 23.3 Å². The summed E-state index contributed by atoms with van der Waals surface area (Å²) in [7, 11) is 0. The second-order valence-electron chi connectivity index (χ2n) is 7.59. The number of alkyl halides is 3. The van der Waals surface area contributed by atoms with E-state index in [0.717, 1.165) is 48.6 Å². The molecule has 166 valence electrons. The molecule has 2 aromatic heterocycles. The first kappa shape index (κ1) is 21.5. The minimum absolute atomic E-state index is 0.301. The van der Waals surface area contributed by atoms with Crippen LogP contribution < -0.4 is 15.0 Å². The topological polar surface area (TPSA) is 80.2 Å². The molecule has 0 bridgehead atoms. The van der Waals surface area contributed by atoms with E-state index < -0.39 is 12.3 Å². The van der Waals surface area contributed by atoms with Crippen LogP contribution in [0.25, 0.3) is 11.1 Å². The van der Waals surface area contributed by atoms with Crippen molar-refractivity contribution in [3.8, 4) is 16.9 Å². The fraction of sp³-hybridized carbons (Fsp3) is 0.273. The number of rotatable bonds is 5. The predicted octanol–water partition coefficient (Wildman–Crippen LogP) is 4.54. The smallest absolute Gasteiger partial charge is 0.406 e. The van der Waals surface area contributed by atoms with Crippen LogP contribution in [0, 0.1) is 5.92 Å². The molecule has 0 unspecified atom stereocenters. The van der Waals surface area contributed by atoms with Gasteiger partial charge in [-0.2, -0.15) is 0 Å². The van der Waals surface area contributed by atoms with Crippen molar-refractivity contribution in [2.24, 2.45) is 5.92 Å². The van der Waals surface area contributed by atoms with Gasteiger partial charge in [0, 0.05) is 48.5 Å². The van der Waals surface area contributed by atoms with E-state index in [0.29, 0.717) is 17.2 Å². The summed E-state index contributed by atoms with van der Waals surface area (Å²) < 4.78 is 40.8. The van der Waals surface area contributed by atoms with Crippen LogP contribution >= 0.6 is 0 Å². The van der Waals surface area contributed by atoms with Gasteiger partial charge in [0.1, 0.15) is 17.9 Å². The van der Waals surface area contributed by atoms with Crippen molar-refractivity contribution in [2.45, 2.75) is 19.7 Å². The zero-order valence-electron chi connectivity index (χ0n) is 17.1. The third-order valence-electron chi connectivity index (χ3n) is 5.07. The molecule has 1 N–H and O–H groups in total. The zero-order chi connectivity index (χ0) is 22.7. The Morgan fingerprint density at radius 2 is 1.88 bits per heavy atom. The highest BCUT2D eigenvalue weighted by Crippen LogP contribution is 2.32. The van der Waals surface area contributed by atoms with Crippen LogP contribution in [0.1, 0.15) is 23.7 Å². The molecule has 4 rings (SSSR count). The summed E-state index contributed by atoms with van der Waals surface area (Å²) in [6.45, 7) is 3.91. The fourth-order valence-corrected chi connectivity index (χ4v) is 3.55. The van der Waals surface area contributed by atoms with Crippen LogP contribution in [0.4, 0.5) is 24.7 Å². The molecule has 32 heavy (non-hydrogen) atoms. The molecule has 0 radical (unpaired) electrons. The van der Waals surface area contributed by atoms with Crippen molar-refractivity contribution >= 4 is 17.4 Å². The summed E-state index contributed by atoms with van der Waals surface area (Å²) >= 11 is 0. The van der Waals surface area contributed by atoms with E-state index in [9.17, 15) is 18.0 Å². The Morgan fingerprint density at radius 1 is 1.16 bits per heavy atom. The van der Waals surface area contributed by atoms with E-state index in [-0.39, 0.29) is 5.75 Å². The summed E-state index contributed by atoms with van der Waals surface area (Å²) in [6, 6.07) is 6.65. The molecule has 1 atom stereocenters. The molecule has 1 amide bonds. The Hall–Kier alpha value is -3.69. The summed E-state index contributed by atoms with van der Waals surface area (Å²) in [5, 5.41) is 2.66. The molecule has 1 aliphatic rings. The summed E-state index contributed by atoms with van der Waals surface area (Å²) in [4.78, 5) is 27.7. The summed E-state index contributed by atoms with van der Waals surface area (Å²) in [5.41, 5.74) is 2.10. The molecule has 0 aliphatic carbocycles. The number of halogens is 3. The standard InChI is InChI=1S/C22H20F3N5O2/c1-14-6-7-30(12-14)20-19(16-9-26-13-27-10-16)8-15(11-28-20)21(31)29-17-2-4-18(5-3-17)32-22(23,24)25/h2-5,8-11,13-14H,6-7,12H2,1H3,(H,29,31)/t14-/m0/s1. The Morgan fingerprint density at radius 3 is 2.50 bits per heavy atom. The predicted molar refractivity (Wildman–Crippen MR) is 112 cm³/mol. The maximum atomic E-state index is 12.8. The van der Waals surface area contributed by atoms with Crippen LogP contribution in [0.5, 0.6) is 5.75 Å². The number of pyridine rings is 1. The van der Waals surface area contributed by atoms with E-state index >= 15 is 0 Å². The lowest BCUT2D eigenvalue weighted by Crippen LogP contribution is -2.22. The molecule has 3 heterocycles. The number of ether oxygens (including phenoxy) is 1. The Bertz CT molecular complexity index is 1090. The maximum absolute atomic E-state index is 12.8. The molecule has 3 aromatic rings. The van der Waals surface area contributed by atoms with Crippen molar-refractivity contribution in [1.29, 1.82) is 0 Å². The van der Waals surface area contributed by atoms with Crippen LogP contribution in [-0.2, 0) is 0 Å². The molecule has 0 spiro atoms. The largest absolute Gasteiger partial charge is 0.573 e. The SMILES string of the molecule is C[C@H]1CCN(c2ncc(C(=O)Nc3ccc(OC(F)(F)F)cc3)cc2-c2cncnc2)C1. The molecule has 10 heteroatoms. The van der Waals surface area contributed by atoms with E-state index in [1.807, 2.05) is 0 Å². The summed E-state index contributed by atoms with van der Waals surface area (Å²) in [5.74, 6) is 0.493. The zero-order valence-corrected chi connectivity index (χ0v) is 17.1. The average molecular weight is 443 g/mol. The normalized spacial score (nSPS) is 16.1. The van der Waals surface area contributed by atoms with E-state index in [1.165, 1.54) is 24.7 Å². The highest BCUT2D eigenvalue weighted by Gasteiger charge is 2.31. The molecule has 7 nitrogen and oxygen atoms in total. The van der Waals surface area contributed by atoms with Gasteiger partial charge in [0.25, 0.3) is 5.91 Å². The van der Waals surface area contributed by atoms with E-state index in [1.54, 1.807) is 18.5 Å². The van der Waals surface area contributed by atoms with E-state index in [4.69, 9.17) is 0 Å². The minimum atomic E-state index is -4.77. The Kier molecular flexibility index (Phi) is 5.93. The second-order valence-corrected chi connectivity index (χ2v) is 7.59. The first-order chi connectivity index (χ1) is 15.3. The fourth-order valence-electron chi connectivity index (χ4n) is 3.55. The van der Waals surface area contributed by atoms with E-state index in [2.05, 4.69) is 36.8 Å². The lowest BCUT2D eigenvalue weighted by Gasteiger charge is -2.21. The van der Waals surface area contributed by atoms with Crippen LogP contribution in [0.15, 0.2) is 55.2 Å². The van der Waals surface area contributed by atoms with Gasteiger partial charge in [-0.25, -0.2) is 15.0 Å². The first-order valence-electron chi connectivity index (χ1n) is 9.96. The van der Waals surface area contributed by atoms with Gasteiger partial charge in [-0.1, -0.05) is 6.92 Å². The lowest BCUT2D eigenvalue weighted by molar-refractivity contribution is -0.274. The lowest BCUT2D eigenvalue weighted by atomic mass is 10.1. The molecule has 1 aliphatic heterocycles. The van der Waals surface area contributed by atoms with Crippen molar-refractivity contribution < 1.29 is 22.7 Å². The highest BCUT2D eigenvalue weighted by molar-refractivity contribution is 6.05. The second kappa shape index (κ2) is 8.81. The van der Waals surface area contributed by atoms with Gasteiger partial charge in [0.2, 0.25) is 0 Å². The quantitative estimate of drug-likeness (QED) is 0.624. The van der Waals surface area contributed by atoms with Crippen molar-refractivity contribution in [3.05, 3.63) is 60.8 Å². The van der Waals surface area contributed by atoms with Crippen LogP contribution in [0.2, 0.25) is 0 Å². The number of hydrogen-bond donors (Lipinski definition) is 1. The van der Waals surface area contributed by atoms with Gasteiger partial charge in [0.15, 0.2) is 0 Å². The molecule has 1 saturated heterocycles. The number of anilines is 2. The molecule has 1 aromatic carbocycles. The highest BCUT2D eigenvalue weighted by atomic mass is 19.4. The monoisotopic (exact) mass is 443 g/mol. The third-order valence-corrected chi connectivity index (χ3v) is 5.07. The number of carbonyl (C=O) groups excluding carboxylic acids is 1. The number of aromatic nitrogens is 3. The van der Waals surface area contributed by atoms with Crippen LogP contribution in [0.3, 0.4) is 0 Å². The van der Waals surface area contributed by atoms with Gasteiger partial charge < -0.3 is 15.0 Å². The number of amides is 1. The maximum Gasteiger partial charge on any atom is 0.573 e. The van der Waals surface area contributed by atoms with Crippen LogP contribution in [-0.4, -0.2) is 40.3 Å². The number of nitrogens with zero attached hydrogens (tertiary/aromatic N) is 4. The van der Waals surface area contributed by atoms with Gasteiger partial charge in [0.05, 0.1) is 5.56 Å². The van der Waals surface area contributed by atoms with Gasteiger partial charge in [-0.3, -0.25) is 4.79 Å². The summed E-state index contributed by atoms with van der Waals surface area (Å²) in [6.07, 6.45) is 2.52. The number of nitrogens with one attached hydrogen (secondary N) is 1. The number of benzene rings is 1. The van der Waals surface area contributed by atoms with Crippen molar-refractivity contribution in [1.82, 2.24) is 15.0 Å². The molecular weight excluding hydrogens is 423 g/mol. The average Bonchev–Trinajstić information content (AvgIpc) is 3.20. The Balaban J connectivity index is 1.57. The number of hydrogen-bond acceptors (Lipinski definition) is 6. The molecule has 0 saturated carbocycles. The van der Waals surface area contributed by atoms with Gasteiger partial charge in [-0.15, -0.1) is 13.2 Å². The Labute approximate surface area is 182 Å².